The van der Waals surface area contributed by atoms with Crippen molar-refractivity contribution in [3.05, 3.63) is 0 Å². The number of hydrogen-bond donors (Lipinski definition) is 2. The molecule has 0 aromatic rings. The molecule has 0 spiro atoms. The van der Waals surface area contributed by atoms with Crippen LogP contribution in [0.3, 0.4) is 0 Å². The van der Waals surface area contributed by atoms with Gasteiger partial charge in [-0.1, -0.05) is 27.7 Å². The second-order valence-electron chi connectivity index (χ2n) is 7.65. The lowest BCUT2D eigenvalue weighted by molar-refractivity contribution is 0.0931. The Morgan fingerprint density at radius 1 is 0.870 bits per heavy atom. The summed E-state index contributed by atoms with van der Waals surface area (Å²) in [7, 11) is 0. The van der Waals surface area contributed by atoms with E-state index in [1.54, 1.807) is 0 Å². The van der Waals surface area contributed by atoms with Crippen molar-refractivity contribution in [1.82, 2.24) is 0 Å². The summed E-state index contributed by atoms with van der Waals surface area (Å²) in [6, 6.07) is -0.498. The molecule has 0 radical (unpaired) electrons. The maximum absolute atomic E-state index is 9.55. The summed E-state index contributed by atoms with van der Waals surface area (Å²) in [6.07, 6.45) is -0.267. The Morgan fingerprint density at radius 3 is 1.43 bits per heavy atom. The zero-order chi connectivity index (χ0) is 17.4. The summed E-state index contributed by atoms with van der Waals surface area (Å²) in [5.41, 5.74) is -0.617. The third kappa shape index (κ3) is 3.38. The predicted octanol–water partition coefficient (Wildman–Crippen LogP) is 1.64. The standard InChI is InChI=1S/C17H30N2O4/c1-9(2)13-11(7-20)18-15(22-13)17(5,6)16-19-12(8-21)14(23-16)10(3)4/h9-14,20-21H,7-8H2,1-6H3. The van der Waals surface area contributed by atoms with E-state index >= 15 is 0 Å². The van der Waals surface area contributed by atoms with Gasteiger partial charge in [0.05, 0.1) is 13.2 Å². The lowest BCUT2D eigenvalue weighted by Crippen LogP contribution is -2.38. The van der Waals surface area contributed by atoms with Crippen LogP contribution in [-0.4, -0.2) is 59.5 Å². The fourth-order valence-electron chi connectivity index (χ4n) is 3.08. The van der Waals surface area contributed by atoms with Gasteiger partial charge in [0.2, 0.25) is 0 Å². The van der Waals surface area contributed by atoms with E-state index in [1.807, 2.05) is 13.8 Å². The molecule has 0 amide bonds. The minimum absolute atomic E-state index is 0.0381. The molecule has 2 heterocycles. The average Bonchev–Trinajstić information content (AvgIpc) is 3.11. The molecular weight excluding hydrogens is 296 g/mol. The van der Waals surface area contributed by atoms with Crippen molar-refractivity contribution in [1.29, 1.82) is 0 Å². The number of aliphatic hydroxyl groups excluding tert-OH is 2. The third-order valence-electron chi connectivity index (χ3n) is 4.58. The van der Waals surface area contributed by atoms with Crippen LogP contribution in [-0.2, 0) is 9.47 Å². The van der Waals surface area contributed by atoms with E-state index in [0.29, 0.717) is 11.8 Å². The smallest absolute Gasteiger partial charge is 0.199 e. The van der Waals surface area contributed by atoms with Gasteiger partial charge in [-0.2, -0.15) is 0 Å². The molecule has 0 aliphatic carbocycles. The molecule has 0 saturated carbocycles. The van der Waals surface area contributed by atoms with E-state index in [0.717, 1.165) is 0 Å². The molecule has 0 fully saturated rings. The molecule has 0 aromatic carbocycles. The second kappa shape index (κ2) is 6.77. The first kappa shape index (κ1) is 18.2. The molecule has 0 aromatic heterocycles. The summed E-state index contributed by atoms with van der Waals surface area (Å²) in [5.74, 6) is 1.61. The Labute approximate surface area is 138 Å². The van der Waals surface area contributed by atoms with Crippen molar-refractivity contribution in [3.63, 3.8) is 0 Å². The highest BCUT2D eigenvalue weighted by Gasteiger charge is 2.47. The van der Waals surface area contributed by atoms with Gasteiger partial charge in [0.25, 0.3) is 0 Å². The van der Waals surface area contributed by atoms with E-state index in [4.69, 9.17) is 9.47 Å². The van der Waals surface area contributed by atoms with Crippen LogP contribution in [0, 0.1) is 17.3 Å². The van der Waals surface area contributed by atoms with Crippen molar-refractivity contribution in [2.45, 2.75) is 65.8 Å². The van der Waals surface area contributed by atoms with Gasteiger partial charge < -0.3 is 19.7 Å². The second-order valence-corrected chi connectivity index (χ2v) is 7.65. The van der Waals surface area contributed by atoms with E-state index < -0.39 is 5.41 Å². The lowest BCUT2D eigenvalue weighted by Gasteiger charge is -2.27. The molecule has 2 rings (SSSR count). The Bertz CT molecular complexity index is 443. The summed E-state index contributed by atoms with van der Waals surface area (Å²) in [6.45, 7) is 12.1. The van der Waals surface area contributed by atoms with E-state index in [1.165, 1.54) is 0 Å². The first-order valence-corrected chi connectivity index (χ1v) is 8.43. The van der Waals surface area contributed by atoms with Gasteiger partial charge in [-0.25, -0.2) is 9.98 Å². The van der Waals surface area contributed by atoms with Crippen LogP contribution in [0.4, 0.5) is 0 Å². The maximum atomic E-state index is 9.55. The summed E-state index contributed by atoms with van der Waals surface area (Å²) < 4.78 is 12.1. The predicted molar refractivity (Wildman–Crippen MR) is 89.8 cm³/mol. The minimum Gasteiger partial charge on any atom is -0.474 e. The Hall–Kier alpha value is -1.14. The summed E-state index contributed by atoms with van der Waals surface area (Å²) in [4.78, 5) is 9.13. The zero-order valence-electron chi connectivity index (χ0n) is 15.0. The van der Waals surface area contributed by atoms with Crippen LogP contribution in [0.1, 0.15) is 41.5 Å². The molecule has 4 unspecified atom stereocenters. The van der Waals surface area contributed by atoms with Crippen LogP contribution < -0.4 is 0 Å². The minimum atomic E-state index is -0.617. The first-order chi connectivity index (χ1) is 10.7. The quantitative estimate of drug-likeness (QED) is 0.777. The maximum Gasteiger partial charge on any atom is 0.199 e. The van der Waals surface area contributed by atoms with Crippen LogP contribution in [0.15, 0.2) is 9.98 Å². The van der Waals surface area contributed by atoms with Gasteiger partial charge in [-0.05, 0) is 25.7 Å². The molecule has 2 aliphatic heterocycles. The van der Waals surface area contributed by atoms with E-state index in [9.17, 15) is 10.2 Å². The topological polar surface area (TPSA) is 83.6 Å². The Morgan fingerprint density at radius 2 is 1.22 bits per heavy atom. The van der Waals surface area contributed by atoms with Gasteiger partial charge in [0.15, 0.2) is 11.8 Å². The molecule has 0 saturated heterocycles. The molecule has 2 aliphatic rings. The van der Waals surface area contributed by atoms with Crippen LogP contribution in [0.25, 0.3) is 0 Å². The van der Waals surface area contributed by atoms with Gasteiger partial charge in [-0.15, -0.1) is 0 Å². The number of rotatable bonds is 6. The number of hydrogen-bond acceptors (Lipinski definition) is 6. The van der Waals surface area contributed by atoms with Crippen molar-refractivity contribution >= 4 is 11.8 Å². The van der Waals surface area contributed by atoms with Gasteiger partial charge in [0.1, 0.15) is 29.7 Å². The summed E-state index contributed by atoms with van der Waals surface area (Å²) >= 11 is 0. The van der Waals surface area contributed by atoms with Gasteiger partial charge in [-0.3, -0.25) is 0 Å². The summed E-state index contributed by atoms with van der Waals surface area (Å²) in [5, 5.41) is 19.1. The van der Waals surface area contributed by atoms with E-state index in [2.05, 4.69) is 37.7 Å². The highest BCUT2D eigenvalue weighted by molar-refractivity contribution is 6.05. The largest absolute Gasteiger partial charge is 0.474 e. The molecular formula is C17H30N2O4. The molecule has 23 heavy (non-hydrogen) atoms. The molecule has 132 valence electrons. The number of aliphatic imine (C=N–C) groups is 2. The molecule has 6 heteroatoms. The van der Waals surface area contributed by atoms with Crippen LogP contribution in [0.5, 0.6) is 0 Å². The Kier molecular flexibility index (Phi) is 5.36. The van der Waals surface area contributed by atoms with Crippen molar-refractivity contribution in [2.24, 2.45) is 27.2 Å². The monoisotopic (exact) mass is 326 g/mol. The first-order valence-electron chi connectivity index (χ1n) is 8.43. The number of nitrogens with zero attached hydrogens (tertiary/aromatic N) is 2. The molecule has 6 nitrogen and oxygen atoms in total. The van der Waals surface area contributed by atoms with Crippen LogP contribution >= 0.6 is 0 Å². The normalized spacial score (nSPS) is 31.2. The van der Waals surface area contributed by atoms with Crippen molar-refractivity contribution in [3.8, 4) is 0 Å². The lowest BCUT2D eigenvalue weighted by atomic mass is 9.93. The Balaban J connectivity index is 2.22. The highest BCUT2D eigenvalue weighted by atomic mass is 16.5. The molecule has 2 N–H and O–H groups in total. The zero-order valence-corrected chi connectivity index (χ0v) is 15.0. The van der Waals surface area contributed by atoms with Crippen LogP contribution in [0.2, 0.25) is 0 Å². The van der Waals surface area contributed by atoms with Crippen molar-refractivity contribution in [2.75, 3.05) is 13.2 Å². The van der Waals surface area contributed by atoms with Gasteiger partial charge >= 0.3 is 0 Å². The SMILES string of the molecule is CC(C)C1OC(C(C)(C)C2=NC(CO)C(C(C)C)O2)=NC1CO. The highest BCUT2D eigenvalue weighted by Crippen LogP contribution is 2.35. The third-order valence-corrected chi connectivity index (χ3v) is 4.58. The molecule has 0 bridgehead atoms. The van der Waals surface area contributed by atoms with Crippen molar-refractivity contribution < 1.29 is 19.7 Å². The van der Waals surface area contributed by atoms with E-state index in [-0.39, 0.29) is 49.3 Å². The molecule has 4 atom stereocenters. The fraction of sp³-hybridized carbons (Fsp3) is 0.882. The number of aliphatic hydroxyl groups is 2. The average molecular weight is 326 g/mol. The fourth-order valence-corrected chi connectivity index (χ4v) is 3.08. The number of ether oxygens (including phenoxy) is 2. The van der Waals surface area contributed by atoms with Gasteiger partial charge in [0, 0.05) is 0 Å².